The third-order valence-corrected chi connectivity index (χ3v) is 14.8. The zero-order chi connectivity index (χ0) is 51.8. The zero-order valence-corrected chi connectivity index (χ0v) is 45.0. The van der Waals surface area contributed by atoms with Crippen LogP contribution in [-0.2, 0) is 20.1 Å². The minimum atomic E-state index is 0. The molecule has 11 aromatic carbocycles. The molecule has 0 aliphatic carbocycles. The number of hydrogen-bond donors (Lipinski definition) is 0. The molecule has 372 valence electrons. The molecule has 3 aromatic heterocycles. The van der Waals surface area contributed by atoms with Crippen molar-refractivity contribution < 1.29 is 20.1 Å². The predicted molar refractivity (Wildman–Crippen MR) is 319 cm³/mol. The Labute approximate surface area is 472 Å². The summed E-state index contributed by atoms with van der Waals surface area (Å²) in [7, 11) is 0. The molecular weight excluding hydrogens is 1140 g/mol. The molecule has 0 fully saturated rings. The summed E-state index contributed by atoms with van der Waals surface area (Å²) in [4.78, 5) is 4.81. The smallest absolute Gasteiger partial charge is 0.305 e. The Balaban J connectivity index is 0.00000591. The Morgan fingerprint density at radius 1 is 0.291 bits per heavy atom. The van der Waals surface area contributed by atoms with Crippen molar-refractivity contribution in [3.63, 3.8) is 0 Å². The van der Waals surface area contributed by atoms with Crippen LogP contribution in [0.2, 0.25) is 0 Å². The average Bonchev–Trinajstić information content (AvgIpc) is 4.17. The van der Waals surface area contributed by atoms with E-state index in [2.05, 4.69) is 249 Å². The average molecular weight is 1190 g/mol. The van der Waals surface area contributed by atoms with Crippen LogP contribution in [0.25, 0.3) is 133 Å². The molecule has 3 heterocycles. The number of hydrogen-bond acceptors (Lipinski definition) is 3. The summed E-state index contributed by atoms with van der Waals surface area (Å²) in [6, 6.07) is 103. The van der Waals surface area contributed by atoms with Crippen molar-refractivity contribution in [2.45, 2.75) is 0 Å². The van der Waals surface area contributed by atoms with Crippen LogP contribution in [0.1, 0.15) is 0 Å². The first-order chi connectivity index (χ1) is 38.6. The Bertz CT molecular complexity index is 4280. The standard InChI is InChI=1S/C73H46N5.Ir/c1-2-14-50(15-3-1)51-26-28-52(29-27-51)57-42-43-74-71(47-57)56-32-30-53(31-33-56)65-18-6-9-21-68(65)60-44-61(69-22-10-7-19-66(69)54-34-38-63(39-35-54)77-72-24-12-4-16-58(72)48-75-77)46-62(45-60)70-23-11-8-20-67(70)55-36-40-64(41-37-55)78-73-25-13-5-17-59(73)49-76-78;/h1-32,34-38,40,42-49H;/q-3;+3. The van der Waals surface area contributed by atoms with Crippen molar-refractivity contribution in [2.75, 3.05) is 0 Å². The number of pyridine rings is 1. The molecular formula is C73H46IrN5. The van der Waals surface area contributed by atoms with Crippen molar-refractivity contribution in [1.29, 1.82) is 0 Å². The number of fused-ring (bicyclic) bond motifs is 2. The summed E-state index contributed by atoms with van der Waals surface area (Å²) in [6.07, 6.45) is 5.70. The van der Waals surface area contributed by atoms with Gasteiger partial charge < -0.3 is 4.98 Å². The van der Waals surface area contributed by atoms with Gasteiger partial charge in [0.2, 0.25) is 0 Å². The van der Waals surface area contributed by atoms with Crippen LogP contribution in [0, 0.1) is 18.2 Å². The number of para-hydroxylation sites is 2. The van der Waals surface area contributed by atoms with Gasteiger partial charge in [-0.1, -0.05) is 192 Å². The molecule has 0 spiro atoms. The molecule has 6 heteroatoms. The van der Waals surface area contributed by atoms with Crippen LogP contribution < -0.4 is 0 Å². The quantitative estimate of drug-likeness (QED) is 0.121. The molecule has 0 aliphatic heterocycles. The van der Waals surface area contributed by atoms with E-state index in [4.69, 9.17) is 15.2 Å². The molecule has 14 aromatic rings. The fraction of sp³-hybridized carbons (Fsp3) is 0. The van der Waals surface area contributed by atoms with Gasteiger partial charge in [-0.3, -0.25) is 9.36 Å². The van der Waals surface area contributed by atoms with Crippen molar-refractivity contribution in [1.82, 2.24) is 24.5 Å². The summed E-state index contributed by atoms with van der Waals surface area (Å²) in [5.41, 5.74) is 23.5. The summed E-state index contributed by atoms with van der Waals surface area (Å²) < 4.78 is 3.90. The first-order valence-electron chi connectivity index (χ1n) is 26.1. The molecule has 0 radical (unpaired) electrons. The minimum Gasteiger partial charge on any atom is -0.305 e. The minimum absolute atomic E-state index is 0. The molecule has 0 aliphatic rings. The van der Waals surface area contributed by atoms with E-state index >= 15 is 0 Å². The van der Waals surface area contributed by atoms with E-state index in [1.807, 2.05) is 58.3 Å². The molecule has 0 saturated carbocycles. The normalized spacial score (nSPS) is 11.2. The van der Waals surface area contributed by atoms with E-state index in [1.165, 1.54) is 11.1 Å². The van der Waals surface area contributed by atoms with Gasteiger partial charge in [0.1, 0.15) is 0 Å². The second-order valence-electron chi connectivity index (χ2n) is 19.5. The SMILES string of the molecule is [Ir+3].[c-]1cc(-c2ccccc2-c2cc(-c3ccccc3-c3c[c-]c(-n4ncc5ccccc54)cc3)cc(-c3ccccc3-c3c[c-]c(-n4ncc5ccccc54)cc3)c2)ccc1-c1cc(-c2ccc(-c3ccccc3)cc2)ccn1. The fourth-order valence-corrected chi connectivity index (χ4v) is 10.8. The van der Waals surface area contributed by atoms with Gasteiger partial charge in [0, 0.05) is 17.0 Å². The predicted octanol–water partition coefficient (Wildman–Crippen LogP) is 18.2. The maximum absolute atomic E-state index is 4.81. The van der Waals surface area contributed by atoms with Crippen LogP contribution in [0.3, 0.4) is 0 Å². The summed E-state index contributed by atoms with van der Waals surface area (Å²) in [5, 5.41) is 11.6. The molecule has 14 rings (SSSR count). The van der Waals surface area contributed by atoms with Crippen LogP contribution in [0.4, 0.5) is 0 Å². The topological polar surface area (TPSA) is 48.5 Å². The number of nitrogens with zero attached hydrogens (tertiary/aromatic N) is 5. The van der Waals surface area contributed by atoms with E-state index in [0.29, 0.717) is 0 Å². The van der Waals surface area contributed by atoms with Gasteiger partial charge >= 0.3 is 20.1 Å². The molecule has 5 nitrogen and oxygen atoms in total. The third-order valence-electron chi connectivity index (χ3n) is 14.8. The van der Waals surface area contributed by atoms with Crippen LogP contribution >= 0.6 is 0 Å². The maximum Gasteiger partial charge on any atom is 3.00 e. The molecule has 0 amide bonds. The summed E-state index contributed by atoms with van der Waals surface area (Å²) in [6.45, 7) is 0. The molecule has 0 unspecified atom stereocenters. The maximum atomic E-state index is 4.81. The van der Waals surface area contributed by atoms with Gasteiger partial charge in [-0.05, 0) is 109 Å². The fourth-order valence-electron chi connectivity index (χ4n) is 10.8. The molecule has 0 N–H and O–H groups in total. The van der Waals surface area contributed by atoms with Crippen molar-refractivity contribution in [2.24, 2.45) is 0 Å². The second-order valence-corrected chi connectivity index (χ2v) is 19.5. The van der Waals surface area contributed by atoms with Gasteiger partial charge in [0.15, 0.2) is 0 Å². The first kappa shape index (κ1) is 48.8. The van der Waals surface area contributed by atoms with Gasteiger partial charge in [-0.2, -0.15) is 46.6 Å². The van der Waals surface area contributed by atoms with Crippen LogP contribution in [-0.4, -0.2) is 24.5 Å². The van der Waals surface area contributed by atoms with Gasteiger partial charge in [-0.15, -0.1) is 53.1 Å². The summed E-state index contributed by atoms with van der Waals surface area (Å²) in [5.74, 6) is 0. The molecule has 79 heavy (non-hydrogen) atoms. The van der Waals surface area contributed by atoms with E-state index in [0.717, 1.165) is 122 Å². The van der Waals surface area contributed by atoms with E-state index in [9.17, 15) is 0 Å². The van der Waals surface area contributed by atoms with Crippen molar-refractivity contribution in [3.05, 3.63) is 298 Å². The second kappa shape index (κ2) is 21.3. The van der Waals surface area contributed by atoms with E-state index < -0.39 is 0 Å². The van der Waals surface area contributed by atoms with Gasteiger partial charge in [0.25, 0.3) is 0 Å². The monoisotopic (exact) mass is 1190 g/mol. The molecule has 0 saturated heterocycles. The Morgan fingerprint density at radius 3 is 1.11 bits per heavy atom. The molecule has 0 bridgehead atoms. The van der Waals surface area contributed by atoms with Gasteiger partial charge in [-0.25, -0.2) is 0 Å². The van der Waals surface area contributed by atoms with Crippen LogP contribution in [0.15, 0.2) is 279 Å². The van der Waals surface area contributed by atoms with Gasteiger partial charge in [0.05, 0.1) is 23.4 Å². The van der Waals surface area contributed by atoms with Crippen LogP contribution in [0.5, 0.6) is 0 Å². The Morgan fingerprint density at radius 2 is 0.671 bits per heavy atom. The van der Waals surface area contributed by atoms with Crippen molar-refractivity contribution in [3.8, 4) is 112 Å². The Kier molecular flexibility index (Phi) is 13.1. The number of rotatable bonds is 11. The largest absolute Gasteiger partial charge is 3.00 e. The van der Waals surface area contributed by atoms with Crippen molar-refractivity contribution >= 4 is 21.8 Å². The first-order valence-corrected chi connectivity index (χ1v) is 26.1. The number of aromatic nitrogens is 5. The number of benzene rings is 11. The summed E-state index contributed by atoms with van der Waals surface area (Å²) >= 11 is 0. The zero-order valence-electron chi connectivity index (χ0n) is 42.6. The Hall–Kier alpha value is -9.84. The molecule has 0 atom stereocenters. The third kappa shape index (κ3) is 9.51. The van der Waals surface area contributed by atoms with E-state index in [-0.39, 0.29) is 20.1 Å². The van der Waals surface area contributed by atoms with E-state index in [1.54, 1.807) is 0 Å².